The number of carbonyl (C=O) groups excluding carboxylic acids is 2. The number of Topliss-reactive ketones (excluding diaryl/α,β-unsaturated/α-hetero) is 1. The molecule has 0 radical (unpaired) electrons. The first-order chi connectivity index (χ1) is 15.2. The third kappa shape index (κ3) is 3.63. The number of rotatable bonds is 5. The first kappa shape index (κ1) is 21.9. The van der Waals surface area contributed by atoms with E-state index in [1.807, 2.05) is 11.9 Å². The van der Waals surface area contributed by atoms with Crippen molar-refractivity contribution in [2.24, 2.45) is 5.92 Å². The Hall–Kier alpha value is -3.30. The molecule has 1 N–H and O–H groups in total. The lowest BCUT2D eigenvalue weighted by Crippen LogP contribution is -2.63. The molecule has 1 saturated heterocycles. The van der Waals surface area contributed by atoms with Crippen LogP contribution in [0.4, 0.5) is 8.78 Å². The van der Waals surface area contributed by atoms with Gasteiger partial charge in [-0.1, -0.05) is 6.92 Å². The predicted molar refractivity (Wildman–Crippen MR) is 111 cm³/mol. The summed E-state index contributed by atoms with van der Waals surface area (Å²) in [6, 6.07) is 2.19. The van der Waals surface area contributed by atoms with E-state index in [2.05, 4.69) is 11.9 Å². The molecule has 32 heavy (non-hydrogen) atoms. The number of amides is 1. The van der Waals surface area contributed by atoms with E-state index in [-0.39, 0.29) is 35.8 Å². The fourth-order valence-electron chi connectivity index (χ4n) is 4.47. The molecule has 0 aliphatic carbocycles. The molecule has 170 valence electrons. The predicted octanol–water partition coefficient (Wildman–Crippen LogP) is 2.21. The second kappa shape index (κ2) is 8.33. The number of aryl methyl sites for hydroxylation is 1. The van der Waals surface area contributed by atoms with Gasteiger partial charge in [0.15, 0.2) is 17.2 Å². The molecule has 4 rings (SSSR count). The lowest BCUT2D eigenvalue weighted by Gasteiger charge is -2.50. The maximum absolute atomic E-state index is 13.8. The SMILES string of the molecule is CCN1C(=O)c2c(O)c(=O)c(C(=O)CCc3ccc(F)nc3F)cn2N2CC[C@H](C)C[C@@H]12. The Morgan fingerprint density at radius 3 is 2.72 bits per heavy atom. The minimum absolute atomic E-state index is 0.0425. The topological polar surface area (TPSA) is 95.7 Å². The highest BCUT2D eigenvalue weighted by atomic mass is 19.1. The molecule has 0 aromatic carbocycles. The molecule has 0 saturated carbocycles. The van der Waals surface area contributed by atoms with E-state index in [0.29, 0.717) is 19.0 Å². The van der Waals surface area contributed by atoms with E-state index in [4.69, 9.17) is 0 Å². The van der Waals surface area contributed by atoms with Gasteiger partial charge in [-0.3, -0.25) is 24.1 Å². The van der Waals surface area contributed by atoms with Crippen LogP contribution in [0.2, 0.25) is 0 Å². The molecule has 10 heteroatoms. The summed E-state index contributed by atoms with van der Waals surface area (Å²) in [7, 11) is 0. The quantitative estimate of drug-likeness (QED) is 0.559. The number of piperidine rings is 1. The van der Waals surface area contributed by atoms with Crippen LogP contribution in [-0.4, -0.2) is 50.6 Å². The van der Waals surface area contributed by atoms with Gasteiger partial charge in [0.1, 0.15) is 6.17 Å². The third-order valence-corrected chi connectivity index (χ3v) is 6.23. The van der Waals surface area contributed by atoms with Crippen LogP contribution in [-0.2, 0) is 6.42 Å². The van der Waals surface area contributed by atoms with Crippen LogP contribution in [0.25, 0.3) is 0 Å². The fourth-order valence-corrected chi connectivity index (χ4v) is 4.47. The van der Waals surface area contributed by atoms with Gasteiger partial charge < -0.3 is 10.0 Å². The number of fused-ring (bicyclic) bond motifs is 3. The van der Waals surface area contributed by atoms with Crippen LogP contribution in [0.1, 0.15) is 59.5 Å². The highest BCUT2D eigenvalue weighted by Gasteiger charge is 2.42. The summed E-state index contributed by atoms with van der Waals surface area (Å²) >= 11 is 0. The Balaban J connectivity index is 1.69. The number of carbonyl (C=O) groups is 2. The van der Waals surface area contributed by atoms with E-state index in [1.165, 1.54) is 16.9 Å². The molecule has 2 aliphatic heterocycles. The second-order valence-corrected chi connectivity index (χ2v) is 8.29. The molecule has 8 nitrogen and oxygen atoms in total. The van der Waals surface area contributed by atoms with Gasteiger partial charge in [-0.15, -0.1) is 0 Å². The summed E-state index contributed by atoms with van der Waals surface area (Å²) in [4.78, 5) is 43.3. The molecule has 0 spiro atoms. The Labute approximate surface area is 183 Å². The lowest BCUT2D eigenvalue weighted by atomic mass is 9.95. The van der Waals surface area contributed by atoms with Crippen molar-refractivity contribution in [3.8, 4) is 5.75 Å². The number of hydrogen-bond acceptors (Lipinski definition) is 6. The first-order valence-electron chi connectivity index (χ1n) is 10.6. The van der Waals surface area contributed by atoms with Crippen LogP contribution < -0.4 is 10.4 Å². The van der Waals surface area contributed by atoms with Crippen molar-refractivity contribution in [2.75, 3.05) is 18.1 Å². The minimum atomic E-state index is -1.02. The molecule has 2 aromatic heterocycles. The van der Waals surface area contributed by atoms with Crippen molar-refractivity contribution in [3.05, 3.63) is 57.3 Å². The normalized spacial score (nSPS) is 20.2. The number of nitrogens with zero attached hydrogens (tertiary/aromatic N) is 4. The second-order valence-electron chi connectivity index (χ2n) is 8.29. The Morgan fingerprint density at radius 2 is 2.03 bits per heavy atom. The molecule has 4 heterocycles. The molecular weight excluding hydrogens is 422 g/mol. The Kier molecular flexibility index (Phi) is 5.70. The van der Waals surface area contributed by atoms with Crippen molar-refractivity contribution in [3.63, 3.8) is 0 Å². The van der Waals surface area contributed by atoms with Gasteiger partial charge in [0, 0.05) is 31.3 Å². The highest BCUT2D eigenvalue weighted by Crippen LogP contribution is 2.31. The van der Waals surface area contributed by atoms with Crippen LogP contribution in [0.5, 0.6) is 5.75 Å². The zero-order valence-corrected chi connectivity index (χ0v) is 17.8. The van der Waals surface area contributed by atoms with E-state index < -0.39 is 34.8 Å². The largest absolute Gasteiger partial charge is 0.502 e. The summed E-state index contributed by atoms with van der Waals surface area (Å²) in [5.74, 6) is -3.43. The maximum atomic E-state index is 13.8. The Morgan fingerprint density at radius 1 is 1.28 bits per heavy atom. The lowest BCUT2D eigenvalue weighted by molar-refractivity contribution is 0.0496. The number of hydrogen-bond donors (Lipinski definition) is 1. The minimum Gasteiger partial charge on any atom is -0.502 e. The van der Waals surface area contributed by atoms with E-state index >= 15 is 0 Å². The van der Waals surface area contributed by atoms with Gasteiger partial charge in [0.05, 0.1) is 5.56 Å². The summed E-state index contributed by atoms with van der Waals surface area (Å²) in [5.41, 5.74) is -1.34. The highest BCUT2D eigenvalue weighted by molar-refractivity contribution is 6.00. The number of ketones is 1. The molecule has 1 amide bonds. The van der Waals surface area contributed by atoms with Crippen LogP contribution >= 0.6 is 0 Å². The standard InChI is InChI=1S/C22H24F2N4O4/c1-3-26-17-10-12(2)8-9-27(17)28-11-14(19(30)20(31)18(28)22(26)32)15(29)6-4-13-5-7-16(23)25-21(13)24/h5,7,11-12,17,31H,3-4,6,8-10H2,1-2H3/t12-,17-/m0/s1. The van der Waals surface area contributed by atoms with Gasteiger partial charge in [0.2, 0.25) is 17.3 Å². The number of halogens is 2. The van der Waals surface area contributed by atoms with Crippen molar-refractivity contribution in [2.45, 2.75) is 45.7 Å². The van der Waals surface area contributed by atoms with Gasteiger partial charge in [-0.05, 0) is 44.2 Å². The van der Waals surface area contributed by atoms with Gasteiger partial charge in [-0.2, -0.15) is 13.8 Å². The van der Waals surface area contributed by atoms with E-state index in [1.54, 1.807) is 4.90 Å². The monoisotopic (exact) mass is 446 g/mol. The zero-order chi connectivity index (χ0) is 23.2. The Bertz CT molecular complexity index is 1150. The molecular formula is C22H24F2N4O4. The molecule has 2 atom stereocenters. The summed E-state index contributed by atoms with van der Waals surface area (Å²) in [5, 5.41) is 12.5. The molecule has 1 fully saturated rings. The van der Waals surface area contributed by atoms with Crippen LogP contribution in [0.15, 0.2) is 23.1 Å². The van der Waals surface area contributed by atoms with E-state index in [9.17, 15) is 28.3 Å². The third-order valence-electron chi connectivity index (χ3n) is 6.23. The molecule has 0 bridgehead atoms. The van der Waals surface area contributed by atoms with Gasteiger partial charge in [0.25, 0.3) is 5.91 Å². The summed E-state index contributed by atoms with van der Waals surface area (Å²) < 4.78 is 28.2. The van der Waals surface area contributed by atoms with Crippen LogP contribution in [0, 0.1) is 17.8 Å². The number of aromatic hydroxyl groups is 1. The summed E-state index contributed by atoms with van der Waals surface area (Å²) in [6.45, 7) is 4.94. The number of pyridine rings is 2. The van der Waals surface area contributed by atoms with Gasteiger partial charge in [-0.25, -0.2) is 0 Å². The average Bonchev–Trinajstić information content (AvgIpc) is 2.75. The first-order valence-corrected chi connectivity index (χ1v) is 10.6. The number of aromatic nitrogens is 2. The maximum Gasteiger partial charge on any atom is 0.278 e. The fraction of sp³-hybridized carbons (Fsp3) is 0.455. The smallest absolute Gasteiger partial charge is 0.278 e. The molecule has 2 aromatic rings. The molecule has 2 aliphatic rings. The van der Waals surface area contributed by atoms with Crippen molar-refractivity contribution >= 4 is 11.7 Å². The zero-order valence-electron chi connectivity index (χ0n) is 17.8. The average molecular weight is 446 g/mol. The van der Waals surface area contributed by atoms with Crippen molar-refractivity contribution < 1.29 is 23.5 Å². The van der Waals surface area contributed by atoms with Crippen molar-refractivity contribution in [1.82, 2.24) is 14.6 Å². The van der Waals surface area contributed by atoms with E-state index in [0.717, 1.165) is 18.9 Å². The summed E-state index contributed by atoms with van der Waals surface area (Å²) in [6.07, 6.45) is 2.31. The van der Waals surface area contributed by atoms with Gasteiger partial charge >= 0.3 is 0 Å². The van der Waals surface area contributed by atoms with Crippen LogP contribution in [0.3, 0.4) is 0 Å². The molecule has 0 unspecified atom stereocenters. The van der Waals surface area contributed by atoms with Crippen molar-refractivity contribution in [1.29, 1.82) is 0 Å².